The van der Waals surface area contributed by atoms with Crippen molar-refractivity contribution in [3.63, 3.8) is 0 Å². The van der Waals surface area contributed by atoms with Crippen LogP contribution in [0.4, 0.5) is 0 Å². The molecular weight excluding hydrogens is 520 g/mol. The average molecular weight is 591 g/mol. The summed E-state index contributed by atoms with van der Waals surface area (Å²) < 4.78 is 10.5. The molecule has 0 aliphatic carbocycles. The summed E-state index contributed by atoms with van der Waals surface area (Å²) >= 11 is 0. The molecule has 0 heterocycles. The van der Waals surface area contributed by atoms with E-state index in [0.29, 0.717) is 13.2 Å². The van der Waals surface area contributed by atoms with Crippen LogP contribution >= 0.6 is 0 Å². The number of carbonyl (C=O) groups excluding carboxylic acids is 2. The van der Waals surface area contributed by atoms with E-state index in [2.05, 4.69) is 13.8 Å². The Labute approximate surface area is 261 Å². The van der Waals surface area contributed by atoms with Gasteiger partial charge in [0, 0.05) is 12.2 Å². The molecule has 0 aromatic heterocycles. The van der Waals surface area contributed by atoms with Gasteiger partial charge in [0.2, 0.25) is 0 Å². The molecule has 4 heteroatoms. The predicted molar refractivity (Wildman–Crippen MR) is 181 cm³/mol. The maximum Gasteiger partial charge on any atom is 0.330 e. The van der Waals surface area contributed by atoms with Crippen LogP contribution in [0.25, 0.3) is 0 Å². The third kappa shape index (κ3) is 34.6. The van der Waals surface area contributed by atoms with Gasteiger partial charge in [-0.3, -0.25) is 0 Å². The Morgan fingerprint density at radius 3 is 0.810 bits per heavy atom. The van der Waals surface area contributed by atoms with Crippen molar-refractivity contribution in [2.45, 2.75) is 194 Å². The number of esters is 2. The van der Waals surface area contributed by atoms with Crippen LogP contribution in [0.1, 0.15) is 194 Å². The molecule has 0 amide bonds. The number of hydrogen-bond donors (Lipinski definition) is 0. The molecule has 0 saturated heterocycles. The maximum atomic E-state index is 11.8. The van der Waals surface area contributed by atoms with E-state index in [9.17, 15) is 9.59 Å². The Morgan fingerprint density at radius 2 is 0.571 bits per heavy atom. The van der Waals surface area contributed by atoms with Gasteiger partial charge in [0.15, 0.2) is 0 Å². The lowest BCUT2D eigenvalue weighted by molar-refractivity contribution is -0.138. The van der Waals surface area contributed by atoms with Gasteiger partial charge < -0.3 is 9.47 Å². The fraction of sp³-hybridized carbons (Fsp3) is 0.842. The zero-order valence-electron chi connectivity index (χ0n) is 28.2. The molecule has 0 aromatic carbocycles. The molecule has 4 nitrogen and oxygen atoms in total. The van der Waals surface area contributed by atoms with Crippen LogP contribution in [-0.2, 0) is 19.1 Å². The first-order valence-corrected chi connectivity index (χ1v) is 18.4. The van der Waals surface area contributed by atoms with Gasteiger partial charge in [-0.15, -0.1) is 0 Å². The monoisotopic (exact) mass is 591 g/mol. The van der Waals surface area contributed by atoms with Crippen molar-refractivity contribution in [1.29, 1.82) is 0 Å². The van der Waals surface area contributed by atoms with E-state index >= 15 is 0 Å². The topological polar surface area (TPSA) is 52.6 Å². The molecule has 0 saturated carbocycles. The first kappa shape index (κ1) is 40.4. The van der Waals surface area contributed by atoms with Crippen LogP contribution in [0.5, 0.6) is 0 Å². The van der Waals surface area contributed by atoms with Gasteiger partial charge in [-0.1, -0.05) is 193 Å². The summed E-state index contributed by atoms with van der Waals surface area (Å²) in [7, 11) is 0. The van der Waals surface area contributed by atoms with E-state index in [1.807, 2.05) is 0 Å². The molecule has 42 heavy (non-hydrogen) atoms. The highest BCUT2D eigenvalue weighted by atomic mass is 16.5. The van der Waals surface area contributed by atoms with E-state index in [1.165, 1.54) is 166 Å². The van der Waals surface area contributed by atoms with Crippen LogP contribution in [-0.4, -0.2) is 25.2 Å². The van der Waals surface area contributed by atoms with E-state index < -0.39 is 0 Å². The number of rotatable bonds is 33. The molecular formula is C38H70O4. The van der Waals surface area contributed by atoms with Crippen molar-refractivity contribution in [1.82, 2.24) is 0 Å². The molecule has 246 valence electrons. The Kier molecular flexibility index (Phi) is 34.3. The summed E-state index contributed by atoms with van der Waals surface area (Å²) in [5, 5.41) is 0. The highest BCUT2D eigenvalue weighted by Crippen LogP contribution is 2.14. The Hall–Kier alpha value is -1.58. The Bertz CT molecular complexity index is 571. The largest absolute Gasteiger partial charge is 0.463 e. The van der Waals surface area contributed by atoms with Crippen LogP contribution < -0.4 is 0 Å². The SMILES string of the molecule is CCCCCCCCCCCCCCCCOC(=O)/C=C\C=C/C(=O)OCCCCCCCCCCCCCCCC. The van der Waals surface area contributed by atoms with Gasteiger partial charge >= 0.3 is 11.9 Å². The highest BCUT2D eigenvalue weighted by Gasteiger charge is 1.99. The normalized spacial score (nSPS) is 11.6. The molecule has 0 bridgehead atoms. The molecule has 0 N–H and O–H groups in total. The summed E-state index contributed by atoms with van der Waals surface area (Å²) in [6, 6.07) is 0. The molecule has 0 radical (unpaired) electrons. The zero-order chi connectivity index (χ0) is 30.6. The smallest absolute Gasteiger partial charge is 0.330 e. The van der Waals surface area contributed by atoms with Crippen molar-refractivity contribution in [3.05, 3.63) is 24.3 Å². The zero-order valence-corrected chi connectivity index (χ0v) is 28.2. The van der Waals surface area contributed by atoms with Crippen LogP contribution in [0.2, 0.25) is 0 Å². The fourth-order valence-corrected chi connectivity index (χ4v) is 5.30. The lowest BCUT2D eigenvalue weighted by Crippen LogP contribution is -2.03. The minimum atomic E-state index is -0.356. The summed E-state index contributed by atoms with van der Waals surface area (Å²) in [5.41, 5.74) is 0. The second-order valence-corrected chi connectivity index (χ2v) is 12.2. The summed E-state index contributed by atoms with van der Waals surface area (Å²) in [6.07, 6.45) is 42.5. The van der Waals surface area contributed by atoms with Crippen molar-refractivity contribution in [2.75, 3.05) is 13.2 Å². The lowest BCUT2D eigenvalue weighted by atomic mass is 10.0. The van der Waals surface area contributed by atoms with Crippen molar-refractivity contribution >= 4 is 11.9 Å². The second kappa shape index (κ2) is 35.6. The van der Waals surface area contributed by atoms with Gasteiger partial charge in [-0.05, 0) is 12.8 Å². The third-order valence-corrected chi connectivity index (χ3v) is 8.06. The van der Waals surface area contributed by atoms with Crippen LogP contribution in [0.3, 0.4) is 0 Å². The molecule has 0 aliphatic heterocycles. The molecule has 0 aromatic rings. The summed E-state index contributed by atoms with van der Waals surface area (Å²) in [5.74, 6) is -0.713. The second-order valence-electron chi connectivity index (χ2n) is 12.2. The Morgan fingerprint density at radius 1 is 0.357 bits per heavy atom. The number of allylic oxidation sites excluding steroid dienone is 2. The number of carbonyl (C=O) groups is 2. The minimum absolute atomic E-state index is 0.356. The summed E-state index contributed by atoms with van der Waals surface area (Å²) in [6.45, 7) is 5.47. The Balaban J connectivity index is 3.40. The minimum Gasteiger partial charge on any atom is -0.463 e. The number of unbranched alkanes of at least 4 members (excludes halogenated alkanes) is 26. The van der Waals surface area contributed by atoms with E-state index in [0.717, 1.165) is 25.7 Å². The van der Waals surface area contributed by atoms with Gasteiger partial charge in [0.25, 0.3) is 0 Å². The van der Waals surface area contributed by atoms with Crippen LogP contribution in [0, 0.1) is 0 Å². The molecule has 0 unspecified atom stereocenters. The van der Waals surface area contributed by atoms with E-state index in [-0.39, 0.29) is 11.9 Å². The van der Waals surface area contributed by atoms with Crippen molar-refractivity contribution < 1.29 is 19.1 Å². The van der Waals surface area contributed by atoms with Crippen molar-refractivity contribution in [2.24, 2.45) is 0 Å². The highest BCUT2D eigenvalue weighted by molar-refractivity contribution is 5.84. The quantitative estimate of drug-likeness (QED) is 0.0330. The average Bonchev–Trinajstić information content (AvgIpc) is 2.99. The number of hydrogen-bond acceptors (Lipinski definition) is 4. The summed E-state index contributed by atoms with van der Waals surface area (Å²) in [4.78, 5) is 23.6. The molecule has 0 fully saturated rings. The fourth-order valence-electron chi connectivity index (χ4n) is 5.30. The van der Waals surface area contributed by atoms with E-state index in [1.54, 1.807) is 12.2 Å². The van der Waals surface area contributed by atoms with Gasteiger partial charge in [-0.25, -0.2) is 9.59 Å². The molecule has 0 aliphatic rings. The van der Waals surface area contributed by atoms with Gasteiger partial charge in [0.05, 0.1) is 13.2 Å². The standard InChI is InChI=1S/C38H70O4/c1-3-5-7-9-11-13-15-17-19-21-23-25-27-31-35-41-37(39)33-29-30-34-38(40)42-36-32-28-26-24-22-20-18-16-14-12-10-8-6-4-2/h29-30,33-34H,3-28,31-32,35-36H2,1-2H3/b33-29-,34-30-. The first-order valence-electron chi connectivity index (χ1n) is 18.4. The predicted octanol–water partition coefficient (Wildman–Crippen LogP) is 12.1. The van der Waals surface area contributed by atoms with Gasteiger partial charge in [0.1, 0.15) is 0 Å². The molecule has 0 atom stereocenters. The van der Waals surface area contributed by atoms with Gasteiger partial charge in [-0.2, -0.15) is 0 Å². The van der Waals surface area contributed by atoms with E-state index in [4.69, 9.17) is 9.47 Å². The molecule has 0 rings (SSSR count). The molecule has 0 spiro atoms. The maximum absolute atomic E-state index is 11.8. The van der Waals surface area contributed by atoms with Crippen molar-refractivity contribution in [3.8, 4) is 0 Å². The lowest BCUT2D eigenvalue weighted by Gasteiger charge is -2.04. The first-order chi connectivity index (χ1) is 20.7. The van der Waals surface area contributed by atoms with Crippen LogP contribution in [0.15, 0.2) is 24.3 Å². The third-order valence-electron chi connectivity index (χ3n) is 8.06. The number of ether oxygens (including phenoxy) is 2.